The van der Waals surface area contributed by atoms with Crippen molar-refractivity contribution < 1.29 is 24.2 Å². The Bertz CT molecular complexity index is 811. The Morgan fingerprint density at radius 2 is 1.76 bits per heavy atom. The molecule has 0 aromatic heterocycles. The number of aliphatic carboxylic acids is 1. The molecule has 1 amide bonds. The average Bonchev–Trinajstić information content (AvgIpc) is 3.02. The lowest BCUT2D eigenvalue weighted by molar-refractivity contribution is -0.142. The van der Waals surface area contributed by atoms with Crippen molar-refractivity contribution in [2.24, 2.45) is 0 Å². The molecule has 2 N–H and O–H groups in total. The van der Waals surface area contributed by atoms with Crippen molar-refractivity contribution in [1.29, 1.82) is 0 Å². The average molecular weight is 341 g/mol. The molecule has 2 aromatic carbocycles. The standard InChI is InChI=1S/C19H19NO5/c1-19(2,18(22)23)13-4-6-14(7-5-13)20-17(21)10-12-3-8-15-16(9-12)25-11-24-15/h3-9H,10-11H2,1-2H3,(H,20,21)(H,22,23). The molecule has 130 valence electrons. The van der Waals surface area contributed by atoms with E-state index >= 15 is 0 Å². The molecule has 0 fully saturated rings. The maximum Gasteiger partial charge on any atom is 0.313 e. The first-order valence-electron chi connectivity index (χ1n) is 7.88. The lowest BCUT2D eigenvalue weighted by atomic mass is 9.85. The van der Waals surface area contributed by atoms with E-state index in [0.717, 1.165) is 5.56 Å². The lowest BCUT2D eigenvalue weighted by Crippen LogP contribution is -2.28. The number of rotatable bonds is 5. The molecule has 6 heteroatoms. The summed E-state index contributed by atoms with van der Waals surface area (Å²) in [5, 5.41) is 12.1. The van der Waals surface area contributed by atoms with Gasteiger partial charge in [0.05, 0.1) is 11.8 Å². The van der Waals surface area contributed by atoms with Gasteiger partial charge in [0.1, 0.15) is 0 Å². The van der Waals surface area contributed by atoms with Gasteiger partial charge in [0.2, 0.25) is 12.7 Å². The predicted molar refractivity (Wildman–Crippen MR) is 92.0 cm³/mol. The van der Waals surface area contributed by atoms with Gasteiger partial charge in [-0.25, -0.2) is 0 Å². The third kappa shape index (κ3) is 3.57. The Morgan fingerprint density at radius 1 is 1.08 bits per heavy atom. The maximum atomic E-state index is 12.2. The highest BCUT2D eigenvalue weighted by Crippen LogP contribution is 2.32. The molecule has 6 nitrogen and oxygen atoms in total. The highest BCUT2D eigenvalue weighted by Gasteiger charge is 2.29. The van der Waals surface area contributed by atoms with E-state index in [1.807, 2.05) is 6.07 Å². The van der Waals surface area contributed by atoms with Crippen LogP contribution in [0, 0.1) is 0 Å². The Kier molecular flexibility index (Phi) is 4.35. The summed E-state index contributed by atoms with van der Waals surface area (Å²) in [6, 6.07) is 12.2. The van der Waals surface area contributed by atoms with Crippen molar-refractivity contribution in [3.05, 3.63) is 53.6 Å². The van der Waals surface area contributed by atoms with Crippen LogP contribution in [-0.2, 0) is 21.4 Å². The molecule has 3 rings (SSSR count). The van der Waals surface area contributed by atoms with Gasteiger partial charge < -0.3 is 19.9 Å². The zero-order chi connectivity index (χ0) is 18.0. The van der Waals surface area contributed by atoms with E-state index in [9.17, 15) is 14.7 Å². The molecule has 0 saturated carbocycles. The van der Waals surface area contributed by atoms with Gasteiger partial charge in [0.15, 0.2) is 11.5 Å². The molecular formula is C19H19NO5. The van der Waals surface area contributed by atoms with Crippen LogP contribution in [0.1, 0.15) is 25.0 Å². The van der Waals surface area contributed by atoms with Gasteiger partial charge in [-0.05, 0) is 49.2 Å². The van der Waals surface area contributed by atoms with E-state index < -0.39 is 11.4 Å². The van der Waals surface area contributed by atoms with Gasteiger partial charge >= 0.3 is 5.97 Å². The molecule has 2 aromatic rings. The Hall–Kier alpha value is -3.02. The summed E-state index contributed by atoms with van der Waals surface area (Å²) in [4.78, 5) is 23.5. The number of carboxylic acid groups (broad SMARTS) is 1. The first-order chi connectivity index (χ1) is 11.9. The fraction of sp³-hybridized carbons (Fsp3) is 0.263. The highest BCUT2D eigenvalue weighted by atomic mass is 16.7. The van der Waals surface area contributed by atoms with Crippen LogP contribution in [0.5, 0.6) is 11.5 Å². The summed E-state index contributed by atoms with van der Waals surface area (Å²) >= 11 is 0. The number of benzene rings is 2. The summed E-state index contributed by atoms with van der Waals surface area (Å²) in [7, 11) is 0. The second-order valence-corrected chi connectivity index (χ2v) is 6.42. The smallest absolute Gasteiger partial charge is 0.313 e. The number of fused-ring (bicyclic) bond motifs is 1. The van der Waals surface area contributed by atoms with Crippen LogP contribution >= 0.6 is 0 Å². The van der Waals surface area contributed by atoms with Crippen LogP contribution in [0.25, 0.3) is 0 Å². The minimum Gasteiger partial charge on any atom is -0.481 e. The lowest BCUT2D eigenvalue weighted by Gasteiger charge is -2.19. The number of carboxylic acids is 1. The predicted octanol–water partition coefficient (Wildman–Crippen LogP) is 2.96. The maximum absolute atomic E-state index is 12.2. The number of hydrogen-bond acceptors (Lipinski definition) is 4. The number of ether oxygens (including phenoxy) is 2. The minimum atomic E-state index is -0.977. The molecular weight excluding hydrogens is 322 g/mol. The van der Waals surface area contributed by atoms with E-state index in [0.29, 0.717) is 22.7 Å². The van der Waals surface area contributed by atoms with Crippen LogP contribution in [0.4, 0.5) is 5.69 Å². The molecule has 0 bridgehead atoms. The van der Waals surface area contributed by atoms with Gasteiger partial charge in [0.25, 0.3) is 0 Å². The molecule has 0 atom stereocenters. The number of anilines is 1. The van der Waals surface area contributed by atoms with Gasteiger partial charge in [-0.3, -0.25) is 9.59 Å². The number of carbonyl (C=O) groups excluding carboxylic acids is 1. The van der Waals surface area contributed by atoms with E-state index in [1.54, 1.807) is 50.2 Å². The van der Waals surface area contributed by atoms with Gasteiger partial charge in [-0.2, -0.15) is 0 Å². The van der Waals surface area contributed by atoms with Crippen molar-refractivity contribution in [3.63, 3.8) is 0 Å². The summed E-state index contributed by atoms with van der Waals surface area (Å²) < 4.78 is 10.5. The SMILES string of the molecule is CC(C)(C(=O)O)c1ccc(NC(=O)Cc2ccc3c(c2)OCO3)cc1. The van der Waals surface area contributed by atoms with Crippen LogP contribution in [0.15, 0.2) is 42.5 Å². The molecule has 1 aliphatic rings. The summed E-state index contributed by atoms with van der Waals surface area (Å²) in [6.45, 7) is 3.48. The minimum absolute atomic E-state index is 0.163. The van der Waals surface area contributed by atoms with E-state index in [4.69, 9.17) is 9.47 Å². The third-order valence-electron chi connectivity index (χ3n) is 4.23. The first kappa shape index (κ1) is 16.8. The zero-order valence-electron chi connectivity index (χ0n) is 14.0. The van der Waals surface area contributed by atoms with E-state index in [2.05, 4.69) is 5.32 Å². The second kappa shape index (κ2) is 6.47. The van der Waals surface area contributed by atoms with Crippen molar-refractivity contribution in [2.45, 2.75) is 25.7 Å². The molecule has 1 heterocycles. The van der Waals surface area contributed by atoms with E-state index in [-0.39, 0.29) is 19.1 Å². The summed E-state index contributed by atoms with van der Waals surface area (Å²) in [6.07, 6.45) is 0.207. The molecule has 0 radical (unpaired) electrons. The molecule has 0 unspecified atom stereocenters. The third-order valence-corrected chi connectivity index (χ3v) is 4.23. The topological polar surface area (TPSA) is 84.9 Å². The largest absolute Gasteiger partial charge is 0.481 e. The summed E-state index contributed by atoms with van der Waals surface area (Å²) in [5.41, 5.74) is 1.14. The number of carbonyl (C=O) groups is 2. The van der Waals surface area contributed by atoms with Crippen molar-refractivity contribution in [3.8, 4) is 11.5 Å². The number of amides is 1. The Morgan fingerprint density at radius 3 is 2.44 bits per heavy atom. The zero-order valence-corrected chi connectivity index (χ0v) is 14.0. The Labute approximate surface area is 145 Å². The fourth-order valence-electron chi connectivity index (χ4n) is 2.54. The van der Waals surface area contributed by atoms with Crippen molar-refractivity contribution >= 4 is 17.6 Å². The fourth-order valence-corrected chi connectivity index (χ4v) is 2.54. The van der Waals surface area contributed by atoms with E-state index in [1.165, 1.54) is 0 Å². The second-order valence-electron chi connectivity index (χ2n) is 6.42. The first-order valence-corrected chi connectivity index (χ1v) is 7.88. The van der Waals surface area contributed by atoms with Gasteiger partial charge in [0, 0.05) is 5.69 Å². The summed E-state index contributed by atoms with van der Waals surface area (Å²) in [5.74, 6) is 0.266. The molecule has 0 aliphatic carbocycles. The van der Waals surface area contributed by atoms with Gasteiger partial charge in [-0.15, -0.1) is 0 Å². The van der Waals surface area contributed by atoms with Crippen LogP contribution in [0.2, 0.25) is 0 Å². The number of hydrogen-bond donors (Lipinski definition) is 2. The van der Waals surface area contributed by atoms with Crippen LogP contribution < -0.4 is 14.8 Å². The number of nitrogens with one attached hydrogen (secondary N) is 1. The molecule has 25 heavy (non-hydrogen) atoms. The van der Waals surface area contributed by atoms with Crippen LogP contribution in [-0.4, -0.2) is 23.8 Å². The molecule has 1 aliphatic heterocycles. The van der Waals surface area contributed by atoms with Crippen LogP contribution in [0.3, 0.4) is 0 Å². The Balaban J connectivity index is 1.64. The molecule has 0 saturated heterocycles. The van der Waals surface area contributed by atoms with Gasteiger partial charge in [-0.1, -0.05) is 18.2 Å². The molecule has 0 spiro atoms. The monoisotopic (exact) mass is 341 g/mol. The van der Waals surface area contributed by atoms with Crippen molar-refractivity contribution in [2.75, 3.05) is 12.1 Å². The highest BCUT2D eigenvalue weighted by molar-refractivity contribution is 5.92. The van der Waals surface area contributed by atoms with Crippen molar-refractivity contribution in [1.82, 2.24) is 0 Å². The quantitative estimate of drug-likeness (QED) is 0.873. The normalized spacial score (nSPS) is 12.7.